The Morgan fingerprint density at radius 2 is 2.07 bits per heavy atom. The predicted octanol–water partition coefficient (Wildman–Crippen LogP) is 2.18. The second-order valence-corrected chi connectivity index (χ2v) is 8.37. The van der Waals surface area contributed by atoms with E-state index >= 15 is 0 Å². The average Bonchev–Trinajstić information content (AvgIpc) is 3.16. The number of ether oxygens (including phenoxy) is 1. The van der Waals surface area contributed by atoms with Crippen molar-refractivity contribution in [3.8, 4) is 5.75 Å². The van der Waals surface area contributed by atoms with Crippen molar-refractivity contribution in [3.05, 3.63) is 73.2 Å². The molecule has 0 spiro atoms. The molecule has 3 atom stereocenters. The number of thiazole rings is 1. The number of nitrogens with zero attached hydrogens (tertiary/aromatic N) is 2. The fourth-order valence-electron chi connectivity index (χ4n) is 4.22. The van der Waals surface area contributed by atoms with Gasteiger partial charge in [-0.05, 0) is 39.0 Å². The second kappa shape index (κ2) is 5.78. The van der Waals surface area contributed by atoms with Crippen LogP contribution in [0.25, 0.3) is 6.08 Å². The summed E-state index contributed by atoms with van der Waals surface area (Å²) in [6, 6.07) is 10.8. The van der Waals surface area contributed by atoms with Crippen molar-refractivity contribution in [1.29, 1.82) is 0 Å². The molecule has 0 radical (unpaired) electrons. The smallest absolute Gasteiger partial charge is 0.271 e. The summed E-state index contributed by atoms with van der Waals surface area (Å²) in [4.78, 5) is 31.1. The van der Waals surface area contributed by atoms with Gasteiger partial charge in [-0.1, -0.05) is 29.5 Å². The van der Waals surface area contributed by atoms with E-state index in [0.717, 1.165) is 11.3 Å². The van der Waals surface area contributed by atoms with Gasteiger partial charge in [0.05, 0.1) is 10.6 Å². The van der Waals surface area contributed by atoms with Crippen LogP contribution in [0.2, 0.25) is 0 Å². The number of aryl methyl sites for hydroxylation is 1. The summed E-state index contributed by atoms with van der Waals surface area (Å²) in [5.41, 5.74) is -0.384. The van der Waals surface area contributed by atoms with E-state index in [4.69, 9.17) is 14.1 Å². The normalized spacial score (nSPS) is 25.5. The molecular formula is C21H18N2O4S. The van der Waals surface area contributed by atoms with Crippen LogP contribution in [0.15, 0.2) is 50.6 Å². The molecule has 0 saturated heterocycles. The summed E-state index contributed by atoms with van der Waals surface area (Å²) in [5.74, 6) is 1.43. The van der Waals surface area contributed by atoms with Crippen LogP contribution in [0, 0.1) is 12.8 Å². The van der Waals surface area contributed by atoms with Crippen molar-refractivity contribution in [3.63, 3.8) is 0 Å². The molecule has 6 nitrogen and oxygen atoms in total. The largest absolute Gasteiger partial charge is 0.465 e. The van der Waals surface area contributed by atoms with E-state index in [2.05, 4.69) is 0 Å². The molecule has 2 aliphatic rings. The molecule has 5 rings (SSSR count). The number of carbonyl (C=O) groups is 1. The lowest BCUT2D eigenvalue weighted by Gasteiger charge is -2.45. The maximum atomic E-state index is 13.3. The average molecular weight is 394 g/mol. The SMILES string of the molecule is CC(=O)C1C2c3ccccc3O[C@@]1(C)N=c1s/c(=C/c3ccc(C)o3)c(=O)n12. The number of carbonyl (C=O) groups excluding carboxylic acids is 1. The predicted molar refractivity (Wildman–Crippen MR) is 104 cm³/mol. The zero-order valence-corrected chi connectivity index (χ0v) is 16.4. The molecule has 4 heterocycles. The van der Waals surface area contributed by atoms with Gasteiger partial charge in [0.25, 0.3) is 5.56 Å². The number of benzene rings is 1. The molecule has 0 N–H and O–H groups in total. The first-order valence-corrected chi connectivity index (χ1v) is 9.87. The molecule has 0 fully saturated rings. The van der Waals surface area contributed by atoms with Crippen LogP contribution >= 0.6 is 11.3 Å². The standard InChI is InChI=1S/C21H18N2O4S/c1-11-8-9-13(26-11)10-16-19(25)23-18-14-6-4-5-7-15(14)27-21(3,17(18)12(2)24)22-20(23)28-16/h4-10,17-18H,1-3H3/b16-10+/t17?,18?,21-/m1/s1. The van der Waals surface area contributed by atoms with Crippen LogP contribution in [0.5, 0.6) is 5.75 Å². The highest BCUT2D eigenvalue weighted by Gasteiger charge is 2.53. The van der Waals surface area contributed by atoms with Crippen LogP contribution in [0.3, 0.4) is 0 Å². The van der Waals surface area contributed by atoms with Gasteiger partial charge in [0.15, 0.2) is 4.80 Å². The molecule has 2 bridgehead atoms. The van der Waals surface area contributed by atoms with E-state index in [1.807, 2.05) is 50.2 Å². The van der Waals surface area contributed by atoms with Gasteiger partial charge in [0.2, 0.25) is 5.72 Å². The Bertz CT molecular complexity index is 1300. The Kier molecular flexibility index (Phi) is 3.55. The number of rotatable bonds is 2. The zero-order valence-electron chi connectivity index (χ0n) is 15.6. The van der Waals surface area contributed by atoms with E-state index in [1.165, 1.54) is 18.3 Å². The summed E-state index contributed by atoms with van der Waals surface area (Å²) in [6.07, 6.45) is 1.72. The van der Waals surface area contributed by atoms with Crippen molar-refractivity contribution in [2.45, 2.75) is 32.5 Å². The maximum absolute atomic E-state index is 13.3. The molecule has 1 aromatic carbocycles. The lowest BCUT2D eigenvalue weighted by atomic mass is 9.79. The first kappa shape index (κ1) is 17.2. The Morgan fingerprint density at radius 3 is 2.79 bits per heavy atom. The highest BCUT2D eigenvalue weighted by Crippen LogP contribution is 2.47. The third-order valence-corrected chi connectivity index (χ3v) is 6.34. The van der Waals surface area contributed by atoms with E-state index < -0.39 is 17.7 Å². The number of para-hydroxylation sites is 1. The minimum absolute atomic E-state index is 0.0540. The zero-order chi connectivity index (χ0) is 19.6. The molecule has 2 unspecified atom stereocenters. The van der Waals surface area contributed by atoms with Gasteiger partial charge >= 0.3 is 0 Å². The first-order chi connectivity index (χ1) is 13.4. The van der Waals surface area contributed by atoms with Crippen LogP contribution in [-0.2, 0) is 4.79 Å². The fourth-order valence-corrected chi connectivity index (χ4v) is 5.30. The van der Waals surface area contributed by atoms with Gasteiger partial charge in [-0.3, -0.25) is 14.2 Å². The van der Waals surface area contributed by atoms with E-state index in [0.29, 0.717) is 20.8 Å². The van der Waals surface area contributed by atoms with Crippen molar-refractivity contribution in [2.24, 2.45) is 10.9 Å². The van der Waals surface area contributed by atoms with E-state index in [1.54, 1.807) is 10.6 Å². The molecule has 28 heavy (non-hydrogen) atoms. The van der Waals surface area contributed by atoms with Gasteiger partial charge in [0, 0.05) is 11.6 Å². The molecule has 7 heteroatoms. The summed E-state index contributed by atoms with van der Waals surface area (Å²) in [5, 5.41) is 0. The van der Waals surface area contributed by atoms with Crippen molar-refractivity contribution < 1.29 is 13.9 Å². The van der Waals surface area contributed by atoms with Gasteiger partial charge in [-0.15, -0.1) is 0 Å². The molecule has 2 aliphatic heterocycles. The number of Topliss-reactive ketones (excluding diaryl/α,β-unsaturated/α-hetero) is 1. The van der Waals surface area contributed by atoms with Crippen molar-refractivity contribution in [1.82, 2.24) is 4.57 Å². The minimum Gasteiger partial charge on any atom is -0.465 e. The van der Waals surface area contributed by atoms with Crippen molar-refractivity contribution in [2.75, 3.05) is 0 Å². The van der Waals surface area contributed by atoms with Crippen LogP contribution in [-0.4, -0.2) is 16.1 Å². The van der Waals surface area contributed by atoms with Crippen molar-refractivity contribution >= 4 is 23.2 Å². The second-order valence-electron chi connectivity index (χ2n) is 7.36. The third-order valence-electron chi connectivity index (χ3n) is 5.35. The Hall–Kier alpha value is -2.93. The highest BCUT2D eigenvalue weighted by molar-refractivity contribution is 7.07. The van der Waals surface area contributed by atoms with Crippen LogP contribution < -0.4 is 19.6 Å². The number of furan rings is 1. The van der Waals surface area contributed by atoms with E-state index in [-0.39, 0.29) is 11.3 Å². The monoisotopic (exact) mass is 394 g/mol. The molecule has 0 aliphatic carbocycles. The molecule has 0 saturated carbocycles. The van der Waals surface area contributed by atoms with Gasteiger partial charge in [-0.2, -0.15) is 0 Å². The molecule has 142 valence electrons. The summed E-state index contributed by atoms with van der Waals surface area (Å²) in [7, 11) is 0. The number of hydrogen-bond acceptors (Lipinski definition) is 6. The Labute approximate surface area is 164 Å². The van der Waals surface area contributed by atoms with Gasteiger partial charge < -0.3 is 9.15 Å². The third kappa shape index (κ3) is 2.36. The first-order valence-electron chi connectivity index (χ1n) is 9.05. The van der Waals surface area contributed by atoms with Crippen LogP contribution in [0.4, 0.5) is 0 Å². The number of fused-ring (bicyclic) bond motifs is 6. The summed E-state index contributed by atoms with van der Waals surface area (Å²) < 4.78 is 13.9. The van der Waals surface area contributed by atoms with Gasteiger partial charge in [0.1, 0.15) is 29.0 Å². The molecule has 0 amide bonds. The quantitative estimate of drug-likeness (QED) is 0.668. The molecular weight excluding hydrogens is 376 g/mol. The number of aromatic nitrogens is 1. The molecule has 2 aromatic heterocycles. The Balaban J connectivity index is 1.82. The maximum Gasteiger partial charge on any atom is 0.271 e. The number of hydrogen-bond donors (Lipinski definition) is 0. The fraction of sp³-hybridized carbons (Fsp3) is 0.286. The van der Waals surface area contributed by atoms with E-state index in [9.17, 15) is 9.59 Å². The summed E-state index contributed by atoms with van der Waals surface area (Å²) in [6.45, 7) is 5.20. The lowest BCUT2D eigenvalue weighted by molar-refractivity contribution is -0.132. The summed E-state index contributed by atoms with van der Waals surface area (Å²) >= 11 is 1.29. The van der Waals surface area contributed by atoms with Gasteiger partial charge in [-0.25, -0.2) is 4.99 Å². The Morgan fingerprint density at radius 1 is 1.29 bits per heavy atom. The minimum atomic E-state index is -1.04. The topological polar surface area (TPSA) is 73.8 Å². The number of ketones is 1. The lowest BCUT2D eigenvalue weighted by Crippen LogP contribution is -2.58. The molecule has 3 aromatic rings. The van der Waals surface area contributed by atoms with Crippen LogP contribution in [0.1, 0.15) is 37.0 Å². The highest BCUT2D eigenvalue weighted by atomic mass is 32.1.